The van der Waals surface area contributed by atoms with Gasteiger partial charge in [0.1, 0.15) is 0 Å². The fourth-order valence-electron chi connectivity index (χ4n) is 3.19. The highest BCUT2D eigenvalue weighted by Crippen LogP contribution is 2.21. The van der Waals surface area contributed by atoms with Gasteiger partial charge in [0.05, 0.1) is 0 Å². The van der Waals surface area contributed by atoms with Crippen molar-refractivity contribution < 1.29 is 0 Å². The third kappa shape index (κ3) is 4.63. The maximum Gasteiger partial charge on any atom is 0.0206 e. The van der Waals surface area contributed by atoms with E-state index in [1.54, 1.807) is 0 Å². The fraction of sp³-hybridized carbons (Fsp3) is 0.647. The Morgan fingerprint density at radius 3 is 2.37 bits per heavy atom. The average Bonchev–Trinajstić information content (AvgIpc) is 2.87. The zero-order valence-electron chi connectivity index (χ0n) is 12.7. The van der Waals surface area contributed by atoms with Crippen molar-refractivity contribution in [1.82, 2.24) is 10.2 Å². The lowest BCUT2D eigenvalue weighted by Crippen LogP contribution is -2.35. The molecule has 2 nitrogen and oxygen atoms in total. The van der Waals surface area contributed by atoms with Gasteiger partial charge in [0.15, 0.2) is 0 Å². The zero-order valence-corrected chi connectivity index (χ0v) is 12.7. The average molecular weight is 260 g/mol. The van der Waals surface area contributed by atoms with Crippen LogP contribution in [0.3, 0.4) is 0 Å². The SMILES string of the molecule is Cc1cc(C)cc(CNCCN(C)C2CCCC2)c1. The van der Waals surface area contributed by atoms with Crippen molar-refractivity contribution in [2.45, 2.75) is 52.1 Å². The van der Waals surface area contributed by atoms with Crippen LogP contribution in [-0.2, 0) is 6.54 Å². The molecule has 0 bridgehead atoms. The molecule has 2 rings (SSSR count). The van der Waals surface area contributed by atoms with Crippen LogP contribution in [0.5, 0.6) is 0 Å². The largest absolute Gasteiger partial charge is 0.311 e. The van der Waals surface area contributed by atoms with E-state index in [4.69, 9.17) is 0 Å². The zero-order chi connectivity index (χ0) is 13.7. The number of hydrogen-bond donors (Lipinski definition) is 1. The van der Waals surface area contributed by atoms with E-state index in [0.29, 0.717) is 0 Å². The van der Waals surface area contributed by atoms with Gasteiger partial charge in [-0.25, -0.2) is 0 Å². The normalized spacial score (nSPS) is 16.4. The number of nitrogens with zero attached hydrogens (tertiary/aromatic N) is 1. The molecule has 0 aliphatic heterocycles. The molecule has 0 spiro atoms. The quantitative estimate of drug-likeness (QED) is 0.790. The second-order valence-corrected chi connectivity index (χ2v) is 6.09. The molecule has 1 aliphatic rings. The van der Waals surface area contributed by atoms with E-state index in [2.05, 4.69) is 49.3 Å². The molecule has 0 unspecified atom stereocenters. The van der Waals surface area contributed by atoms with Crippen molar-refractivity contribution in [3.63, 3.8) is 0 Å². The molecule has 2 heteroatoms. The van der Waals surface area contributed by atoms with Crippen LogP contribution in [0.2, 0.25) is 0 Å². The predicted molar refractivity (Wildman–Crippen MR) is 82.5 cm³/mol. The lowest BCUT2D eigenvalue weighted by molar-refractivity contribution is 0.245. The second-order valence-electron chi connectivity index (χ2n) is 6.09. The standard InChI is InChI=1S/C17H28N2/c1-14-10-15(2)12-16(11-14)13-18-8-9-19(3)17-6-4-5-7-17/h10-12,17-18H,4-9,13H2,1-3H3. The highest BCUT2D eigenvalue weighted by Gasteiger charge is 2.18. The minimum atomic E-state index is 0.836. The third-order valence-corrected chi connectivity index (χ3v) is 4.20. The first-order valence-corrected chi connectivity index (χ1v) is 7.63. The summed E-state index contributed by atoms with van der Waals surface area (Å²) in [5.41, 5.74) is 4.13. The van der Waals surface area contributed by atoms with Gasteiger partial charge in [-0.2, -0.15) is 0 Å². The molecule has 1 fully saturated rings. The number of benzene rings is 1. The monoisotopic (exact) mass is 260 g/mol. The first kappa shape index (κ1) is 14.5. The molecule has 1 N–H and O–H groups in total. The number of likely N-dealkylation sites (N-methyl/N-ethyl adjacent to an activating group) is 1. The van der Waals surface area contributed by atoms with Gasteiger partial charge in [-0.1, -0.05) is 42.2 Å². The summed E-state index contributed by atoms with van der Waals surface area (Å²) in [7, 11) is 2.27. The Labute approximate surface area is 118 Å². The van der Waals surface area contributed by atoms with Crippen molar-refractivity contribution in [3.05, 3.63) is 34.9 Å². The van der Waals surface area contributed by atoms with Gasteiger partial charge in [-0.05, 0) is 39.3 Å². The van der Waals surface area contributed by atoms with Crippen LogP contribution in [0.1, 0.15) is 42.4 Å². The molecule has 0 amide bonds. The second kappa shape index (κ2) is 7.06. The van der Waals surface area contributed by atoms with Crippen molar-refractivity contribution in [2.24, 2.45) is 0 Å². The Hall–Kier alpha value is -0.860. The summed E-state index contributed by atoms with van der Waals surface area (Å²) >= 11 is 0. The molecule has 1 saturated carbocycles. The number of hydrogen-bond acceptors (Lipinski definition) is 2. The van der Waals surface area contributed by atoms with E-state index < -0.39 is 0 Å². The highest BCUT2D eigenvalue weighted by molar-refractivity contribution is 5.28. The van der Waals surface area contributed by atoms with Gasteiger partial charge in [-0.3, -0.25) is 0 Å². The Morgan fingerprint density at radius 2 is 1.74 bits per heavy atom. The van der Waals surface area contributed by atoms with Gasteiger partial charge in [0, 0.05) is 25.7 Å². The van der Waals surface area contributed by atoms with Gasteiger partial charge >= 0.3 is 0 Å². The molecule has 1 aromatic rings. The molecular formula is C17H28N2. The van der Waals surface area contributed by atoms with E-state index in [-0.39, 0.29) is 0 Å². The minimum Gasteiger partial charge on any atom is -0.311 e. The van der Waals surface area contributed by atoms with Crippen molar-refractivity contribution in [3.8, 4) is 0 Å². The van der Waals surface area contributed by atoms with Crippen LogP contribution in [0, 0.1) is 13.8 Å². The van der Waals surface area contributed by atoms with Crippen LogP contribution in [-0.4, -0.2) is 31.1 Å². The topological polar surface area (TPSA) is 15.3 Å². The molecule has 106 valence electrons. The van der Waals surface area contributed by atoms with E-state index in [1.807, 2.05) is 0 Å². The van der Waals surface area contributed by atoms with Gasteiger partial charge in [-0.15, -0.1) is 0 Å². The third-order valence-electron chi connectivity index (χ3n) is 4.20. The number of aryl methyl sites for hydroxylation is 2. The molecule has 1 aliphatic carbocycles. The van der Waals surface area contributed by atoms with E-state index in [1.165, 1.54) is 42.4 Å². The minimum absolute atomic E-state index is 0.836. The molecule has 19 heavy (non-hydrogen) atoms. The first-order chi connectivity index (χ1) is 9.15. The van der Waals surface area contributed by atoms with Crippen molar-refractivity contribution in [2.75, 3.05) is 20.1 Å². The summed E-state index contributed by atoms with van der Waals surface area (Å²) in [5, 5.41) is 3.57. The smallest absolute Gasteiger partial charge is 0.0206 e. The molecule has 0 aromatic heterocycles. The first-order valence-electron chi connectivity index (χ1n) is 7.63. The summed E-state index contributed by atoms with van der Waals surface area (Å²) in [6.07, 6.45) is 5.64. The molecule has 0 atom stereocenters. The van der Waals surface area contributed by atoms with Crippen LogP contribution in [0.25, 0.3) is 0 Å². The summed E-state index contributed by atoms with van der Waals surface area (Å²) in [4.78, 5) is 2.53. The summed E-state index contributed by atoms with van der Waals surface area (Å²) in [6, 6.07) is 7.63. The van der Waals surface area contributed by atoms with E-state index in [0.717, 1.165) is 25.7 Å². The summed E-state index contributed by atoms with van der Waals surface area (Å²) in [5.74, 6) is 0. The summed E-state index contributed by atoms with van der Waals surface area (Å²) in [6.45, 7) is 7.57. The van der Waals surface area contributed by atoms with E-state index in [9.17, 15) is 0 Å². The Bertz CT molecular complexity index is 374. The van der Waals surface area contributed by atoms with Crippen LogP contribution in [0.4, 0.5) is 0 Å². The Kier molecular flexibility index (Phi) is 5.41. The summed E-state index contributed by atoms with van der Waals surface area (Å²) < 4.78 is 0. The molecule has 0 heterocycles. The molecular weight excluding hydrogens is 232 g/mol. The highest BCUT2D eigenvalue weighted by atomic mass is 15.1. The van der Waals surface area contributed by atoms with Crippen LogP contribution >= 0.6 is 0 Å². The molecule has 1 aromatic carbocycles. The van der Waals surface area contributed by atoms with Gasteiger partial charge < -0.3 is 10.2 Å². The Morgan fingerprint density at radius 1 is 1.11 bits per heavy atom. The van der Waals surface area contributed by atoms with Crippen molar-refractivity contribution >= 4 is 0 Å². The lowest BCUT2D eigenvalue weighted by atomic mass is 10.1. The fourth-order valence-corrected chi connectivity index (χ4v) is 3.19. The van der Waals surface area contributed by atoms with E-state index >= 15 is 0 Å². The van der Waals surface area contributed by atoms with Crippen LogP contribution < -0.4 is 5.32 Å². The van der Waals surface area contributed by atoms with Crippen molar-refractivity contribution in [1.29, 1.82) is 0 Å². The maximum atomic E-state index is 3.57. The lowest BCUT2D eigenvalue weighted by Gasteiger charge is -2.24. The maximum absolute atomic E-state index is 3.57. The predicted octanol–water partition coefficient (Wildman–Crippen LogP) is 3.27. The molecule has 0 radical (unpaired) electrons. The molecule has 0 saturated heterocycles. The Balaban J connectivity index is 1.68. The number of nitrogens with one attached hydrogen (secondary N) is 1. The van der Waals surface area contributed by atoms with Gasteiger partial charge in [0.2, 0.25) is 0 Å². The van der Waals surface area contributed by atoms with Crippen LogP contribution in [0.15, 0.2) is 18.2 Å². The number of rotatable bonds is 6. The van der Waals surface area contributed by atoms with Gasteiger partial charge in [0.25, 0.3) is 0 Å².